The minimum Gasteiger partial charge on any atom is -0.327 e. The molecule has 0 aliphatic heterocycles. The minimum atomic E-state index is -0.492. The Morgan fingerprint density at radius 3 is 2.16 bits per heavy atom. The maximum Gasteiger partial charge on any atom is 0.129 e. The monoisotopic (exact) mass is 269 g/mol. The molecule has 1 aromatic carbocycles. The van der Waals surface area contributed by atoms with Crippen LogP contribution >= 0.6 is 0 Å². The van der Waals surface area contributed by atoms with Gasteiger partial charge in [0.15, 0.2) is 0 Å². The quantitative estimate of drug-likeness (QED) is 0.782. The second-order valence-corrected chi connectivity index (χ2v) is 5.40. The lowest BCUT2D eigenvalue weighted by molar-refractivity contribution is 0.357. The van der Waals surface area contributed by atoms with Crippen LogP contribution in [0.2, 0.25) is 0 Å². The number of benzene rings is 1. The summed E-state index contributed by atoms with van der Waals surface area (Å²) in [6.45, 7) is 5.93. The highest BCUT2D eigenvalue weighted by molar-refractivity contribution is 5.26. The van der Waals surface area contributed by atoms with E-state index in [2.05, 4.69) is 13.8 Å². The third kappa shape index (κ3) is 4.57. The van der Waals surface area contributed by atoms with Crippen molar-refractivity contribution in [2.75, 3.05) is 0 Å². The second-order valence-electron chi connectivity index (χ2n) is 5.40. The first-order chi connectivity index (χ1) is 8.99. The second kappa shape index (κ2) is 7.59. The van der Waals surface area contributed by atoms with Gasteiger partial charge in [0.05, 0.1) is 0 Å². The van der Waals surface area contributed by atoms with Gasteiger partial charge in [0.25, 0.3) is 0 Å². The first-order valence-corrected chi connectivity index (χ1v) is 7.19. The highest BCUT2D eigenvalue weighted by Crippen LogP contribution is 2.22. The van der Waals surface area contributed by atoms with E-state index in [-0.39, 0.29) is 6.04 Å². The molecule has 1 nitrogen and oxygen atoms in total. The van der Waals surface area contributed by atoms with Crippen LogP contribution in [0.3, 0.4) is 0 Å². The summed E-state index contributed by atoms with van der Waals surface area (Å²) in [7, 11) is 0. The summed E-state index contributed by atoms with van der Waals surface area (Å²) in [6, 6.07) is 2.49. The van der Waals surface area contributed by atoms with Crippen molar-refractivity contribution < 1.29 is 8.78 Å². The molecule has 1 atom stereocenters. The van der Waals surface area contributed by atoms with Gasteiger partial charge in [-0.25, -0.2) is 8.78 Å². The molecule has 0 heterocycles. The van der Waals surface area contributed by atoms with Crippen LogP contribution < -0.4 is 5.73 Å². The summed E-state index contributed by atoms with van der Waals surface area (Å²) in [5.74, 6) is -0.557. The molecule has 0 radical (unpaired) electrons. The fourth-order valence-corrected chi connectivity index (χ4v) is 2.61. The molecule has 0 saturated carbocycles. The lowest BCUT2D eigenvalue weighted by Gasteiger charge is -2.23. The first kappa shape index (κ1) is 16.1. The topological polar surface area (TPSA) is 26.0 Å². The van der Waals surface area contributed by atoms with Crippen LogP contribution in [0.4, 0.5) is 8.78 Å². The molecule has 1 unspecified atom stereocenters. The average molecular weight is 269 g/mol. The zero-order valence-corrected chi connectivity index (χ0v) is 12.2. The minimum absolute atomic E-state index is 0.0562. The van der Waals surface area contributed by atoms with Gasteiger partial charge >= 0.3 is 0 Å². The predicted molar refractivity (Wildman–Crippen MR) is 76.1 cm³/mol. The summed E-state index contributed by atoms with van der Waals surface area (Å²) in [4.78, 5) is 0. The van der Waals surface area contributed by atoms with E-state index in [1.54, 1.807) is 13.0 Å². The molecular weight excluding hydrogens is 244 g/mol. The molecule has 108 valence electrons. The Morgan fingerprint density at radius 1 is 1.05 bits per heavy atom. The maximum absolute atomic E-state index is 13.7. The van der Waals surface area contributed by atoms with E-state index in [1.807, 2.05) is 0 Å². The standard InChI is InChI=1S/C16H25F2N/c1-4-6-12(7-5-2)16(19)9-13-8-11(3)14(17)10-15(13)18/h8,10,12,16H,4-7,9,19H2,1-3H3. The molecular formula is C16H25F2N. The van der Waals surface area contributed by atoms with E-state index in [9.17, 15) is 8.78 Å². The van der Waals surface area contributed by atoms with Crippen LogP contribution in [0.1, 0.15) is 50.7 Å². The van der Waals surface area contributed by atoms with Gasteiger partial charge < -0.3 is 5.73 Å². The van der Waals surface area contributed by atoms with E-state index in [0.717, 1.165) is 31.7 Å². The van der Waals surface area contributed by atoms with E-state index >= 15 is 0 Å². The Morgan fingerprint density at radius 2 is 1.63 bits per heavy atom. The van der Waals surface area contributed by atoms with Crippen LogP contribution in [0.5, 0.6) is 0 Å². The Balaban J connectivity index is 2.79. The first-order valence-electron chi connectivity index (χ1n) is 7.19. The summed E-state index contributed by atoms with van der Waals surface area (Å²) in [5.41, 5.74) is 7.23. The summed E-state index contributed by atoms with van der Waals surface area (Å²) in [6.07, 6.45) is 4.79. The third-order valence-corrected chi connectivity index (χ3v) is 3.71. The molecule has 0 spiro atoms. The van der Waals surface area contributed by atoms with Gasteiger partial charge in [-0.3, -0.25) is 0 Å². The van der Waals surface area contributed by atoms with E-state index in [0.29, 0.717) is 23.5 Å². The number of aryl methyl sites for hydroxylation is 1. The van der Waals surface area contributed by atoms with Crippen LogP contribution in [0, 0.1) is 24.5 Å². The van der Waals surface area contributed by atoms with Crippen LogP contribution in [0.25, 0.3) is 0 Å². The molecule has 0 aliphatic carbocycles. The van der Waals surface area contributed by atoms with Gasteiger partial charge in [0.2, 0.25) is 0 Å². The summed E-state index contributed by atoms with van der Waals surface area (Å²) < 4.78 is 27.0. The Hall–Kier alpha value is -0.960. The summed E-state index contributed by atoms with van der Waals surface area (Å²) in [5, 5.41) is 0. The average Bonchev–Trinajstić information content (AvgIpc) is 2.35. The number of hydrogen-bond donors (Lipinski definition) is 1. The predicted octanol–water partition coefficient (Wildman–Crippen LogP) is 4.36. The normalized spacial score (nSPS) is 13.0. The van der Waals surface area contributed by atoms with Crippen molar-refractivity contribution in [1.82, 2.24) is 0 Å². The van der Waals surface area contributed by atoms with Gasteiger partial charge in [0, 0.05) is 12.1 Å². The van der Waals surface area contributed by atoms with Crippen molar-refractivity contribution >= 4 is 0 Å². The lowest BCUT2D eigenvalue weighted by Crippen LogP contribution is -2.32. The molecule has 0 aromatic heterocycles. The lowest BCUT2D eigenvalue weighted by atomic mass is 9.87. The van der Waals surface area contributed by atoms with Gasteiger partial charge in [-0.2, -0.15) is 0 Å². The Kier molecular flexibility index (Phi) is 6.43. The number of halogens is 2. The zero-order chi connectivity index (χ0) is 14.4. The molecule has 0 saturated heterocycles. The van der Waals surface area contributed by atoms with Crippen LogP contribution in [0.15, 0.2) is 12.1 Å². The number of hydrogen-bond acceptors (Lipinski definition) is 1. The van der Waals surface area contributed by atoms with E-state index in [4.69, 9.17) is 5.73 Å². The Bertz CT molecular complexity index is 398. The van der Waals surface area contributed by atoms with E-state index in [1.165, 1.54) is 0 Å². The fourth-order valence-electron chi connectivity index (χ4n) is 2.61. The van der Waals surface area contributed by atoms with Crippen LogP contribution in [-0.2, 0) is 6.42 Å². The molecule has 0 fully saturated rings. The van der Waals surface area contributed by atoms with Gasteiger partial charge in [-0.1, -0.05) is 32.8 Å². The molecule has 3 heteroatoms. The third-order valence-electron chi connectivity index (χ3n) is 3.71. The van der Waals surface area contributed by atoms with E-state index < -0.39 is 11.6 Å². The van der Waals surface area contributed by atoms with Crippen molar-refractivity contribution in [3.05, 3.63) is 34.9 Å². The van der Waals surface area contributed by atoms with Crippen molar-refractivity contribution in [3.63, 3.8) is 0 Å². The van der Waals surface area contributed by atoms with Crippen molar-refractivity contribution in [2.45, 2.75) is 58.9 Å². The molecule has 0 bridgehead atoms. The molecule has 1 aromatic rings. The highest BCUT2D eigenvalue weighted by atomic mass is 19.1. The Labute approximate surface area is 115 Å². The molecule has 0 aliphatic rings. The highest BCUT2D eigenvalue weighted by Gasteiger charge is 2.19. The maximum atomic E-state index is 13.7. The fraction of sp³-hybridized carbons (Fsp3) is 0.625. The van der Waals surface area contributed by atoms with Gasteiger partial charge in [-0.05, 0) is 43.2 Å². The van der Waals surface area contributed by atoms with Gasteiger partial charge in [0.1, 0.15) is 11.6 Å². The molecule has 2 N–H and O–H groups in total. The van der Waals surface area contributed by atoms with Crippen molar-refractivity contribution in [3.8, 4) is 0 Å². The van der Waals surface area contributed by atoms with Gasteiger partial charge in [-0.15, -0.1) is 0 Å². The number of nitrogens with two attached hydrogens (primary N) is 1. The number of rotatable bonds is 7. The molecule has 1 rings (SSSR count). The smallest absolute Gasteiger partial charge is 0.129 e. The largest absolute Gasteiger partial charge is 0.327 e. The zero-order valence-electron chi connectivity index (χ0n) is 12.2. The van der Waals surface area contributed by atoms with Crippen molar-refractivity contribution in [2.24, 2.45) is 11.7 Å². The molecule has 0 amide bonds. The van der Waals surface area contributed by atoms with Crippen LogP contribution in [-0.4, -0.2) is 6.04 Å². The summed E-state index contributed by atoms with van der Waals surface area (Å²) >= 11 is 0. The van der Waals surface area contributed by atoms with Crippen molar-refractivity contribution in [1.29, 1.82) is 0 Å². The SMILES string of the molecule is CCCC(CCC)C(N)Cc1cc(C)c(F)cc1F. The molecule has 19 heavy (non-hydrogen) atoms.